The zero-order chi connectivity index (χ0) is 28.3. The van der Waals surface area contributed by atoms with Gasteiger partial charge in [-0.2, -0.15) is 5.10 Å². The number of fused-ring (bicyclic) bond motifs is 1. The summed E-state index contributed by atoms with van der Waals surface area (Å²) in [5, 5.41) is 6.14. The van der Waals surface area contributed by atoms with Gasteiger partial charge < -0.3 is 18.9 Å². The third-order valence-corrected chi connectivity index (χ3v) is 6.04. The highest BCUT2D eigenvalue weighted by Crippen LogP contribution is 2.29. The predicted molar refractivity (Wildman–Crippen MR) is 155 cm³/mol. The average Bonchev–Trinajstić information content (AvgIpc) is 2.98. The number of hydrogen-bond donors (Lipinski definition) is 1. The fraction of sp³-hybridized carbons (Fsp3) is 0.219. The Kier molecular flexibility index (Phi) is 9.72. The third kappa shape index (κ3) is 7.60. The van der Waals surface area contributed by atoms with Crippen molar-refractivity contribution in [3.63, 3.8) is 0 Å². The number of nitrogens with zero attached hydrogens (tertiary/aromatic N) is 1. The molecule has 0 saturated heterocycles. The Morgan fingerprint density at radius 2 is 1.65 bits per heavy atom. The quantitative estimate of drug-likeness (QED) is 0.0760. The maximum absolute atomic E-state index is 12.6. The highest BCUT2D eigenvalue weighted by atomic mass is 16.6. The summed E-state index contributed by atoms with van der Waals surface area (Å²) in [5.74, 6) is 0.978. The summed E-state index contributed by atoms with van der Waals surface area (Å²) in [6.07, 6.45) is 2.72. The van der Waals surface area contributed by atoms with Crippen LogP contribution in [0.5, 0.6) is 23.0 Å². The first-order valence-corrected chi connectivity index (χ1v) is 13.1. The molecule has 0 aliphatic carbocycles. The zero-order valence-corrected chi connectivity index (χ0v) is 22.8. The van der Waals surface area contributed by atoms with Crippen LogP contribution in [0.2, 0.25) is 0 Å². The molecule has 0 heterocycles. The van der Waals surface area contributed by atoms with Crippen LogP contribution < -0.4 is 24.4 Å². The Morgan fingerprint density at radius 3 is 2.40 bits per heavy atom. The highest BCUT2D eigenvalue weighted by molar-refractivity contribution is 5.92. The van der Waals surface area contributed by atoms with Crippen molar-refractivity contribution in [2.75, 3.05) is 13.7 Å². The lowest BCUT2D eigenvalue weighted by molar-refractivity contribution is -0.127. The van der Waals surface area contributed by atoms with Crippen molar-refractivity contribution < 1.29 is 28.5 Å². The maximum atomic E-state index is 12.6. The second-order valence-electron chi connectivity index (χ2n) is 9.03. The van der Waals surface area contributed by atoms with E-state index in [1.807, 2.05) is 42.5 Å². The standard InChI is InChI=1S/C32H32N2O6/c1-4-5-18-38-27-14-12-25(13-15-27)32(36)40-29-17-10-23(19-30(29)37-3)21-33-34-31(35)22(2)39-28-16-11-24-8-6-7-9-26(24)20-28/h6-17,19-22H,4-5,18H2,1-3H3,(H,34,35)/b33-21+. The minimum Gasteiger partial charge on any atom is -0.494 e. The molecule has 206 valence electrons. The lowest BCUT2D eigenvalue weighted by Crippen LogP contribution is -2.33. The number of carbonyl (C=O) groups is 2. The van der Waals surface area contributed by atoms with Gasteiger partial charge in [-0.1, -0.05) is 43.7 Å². The van der Waals surface area contributed by atoms with Gasteiger partial charge in [0.25, 0.3) is 5.91 Å². The Labute approximate surface area is 233 Å². The van der Waals surface area contributed by atoms with E-state index in [4.69, 9.17) is 18.9 Å². The van der Waals surface area contributed by atoms with E-state index in [0.717, 1.165) is 23.6 Å². The number of nitrogens with one attached hydrogen (secondary N) is 1. The number of amides is 1. The first kappa shape index (κ1) is 28.2. The number of unbranched alkanes of at least 4 members (excludes halogenated alkanes) is 1. The van der Waals surface area contributed by atoms with Crippen LogP contribution >= 0.6 is 0 Å². The van der Waals surface area contributed by atoms with Crippen LogP contribution in [-0.4, -0.2) is 37.9 Å². The molecule has 4 aromatic rings. The van der Waals surface area contributed by atoms with Crippen LogP contribution in [0.3, 0.4) is 0 Å². The summed E-state index contributed by atoms with van der Waals surface area (Å²) in [6, 6.07) is 25.3. The number of benzene rings is 4. The van der Waals surface area contributed by atoms with E-state index in [1.54, 1.807) is 49.4 Å². The molecule has 1 amide bonds. The van der Waals surface area contributed by atoms with Crippen molar-refractivity contribution in [3.8, 4) is 23.0 Å². The summed E-state index contributed by atoms with van der Waals surface area (Å²) in [4.78, 5) is 25.1. The first-order valence-electron chi connectivity index (χ1n) is 13.1. The molecule has 0 aromatic heterocycles. The second kappa shape index (κ2) is 13.8. The van der Waals surface area contributed by atoms with Gasteiger partial charge in [-0.05, 0) is 84.3 Å². The van der Waals surface area contributed by atoms with Crippen LogP contribution in [0.15, 0.2) is 90.0 Å². The number of hydrogen-bond acceptors (Lipinski definition) is 7. The molecule has 40 heavy (non-hydrogen) atoms. The van der Waals surface area contributed by atoms with Crippen molar-refractivity contribution in [2.24, 2.45) is 5.10 Å². The molecular formula is C32H32N2O6. The first-order chi connectivity index (χ1) is 19.5. The van der Waals surface area contributed by atoms with Crippen molar-refractivity contribution in [1.29, 1.82) is 0 Å². The number of carbonyl (C=O) groups excluding carboxylic acids is 2. The van der Waals surface area contributed by atoms with Crippen molar-refractivity contribution in [1.82, 2.24) is 5.43 Å². The summed E-state index contributed by atoms with van der Waals surface area (Å²) in [6.45, 7) is 4.38. The topological polar surface area (TPSA) is 95.5 Å². The number of esters is 1. The molecule has 8 nitrogen and oxygen atoms in total. The fourth-order valence-electron chi connectivity index (χ4n) is 3.79. The van der Waals surface area contributed by atoms with Crippen LogP contribution in [0.4, 0.5) is 0 Å². The average molecular weight is 541 g/mol. The van der Waals surface area contributed by atoms with Crippen molar-refractivity contribution in [3.05, 3.63) is 96.1 Å². The molecule has 0 spiro atoms. The Morgan fingerprint density at radius 1 is 0.900 bits per heavy atom. The molecule has 0 aliphatic rings. The molecule has 4 rings (SSSR count). The van der Waals surface area contributed by atoms with Crippen LogP contribution in [0, 0.1) is 0 Å². The Hall–Kier alpha value is -4.85. The van der Waals surface area contributed by atoms with Crippen LogP contribution in [0.25, 0.3) is 10.8 Å². The number of hydrazone groups is 1. The molecule has 4 aromatic carbocycles. The minimum atomic E-state index is -0.758. The third-order valence-electron chi connectivity index (χ3n) is 6.04. The van der Waals surface area contributed by atoms with E-state index in [9.17, 15) is 9.59 Å². The summed E-state index contributed by atoms with van der Waals surface area (Å²) < 4.78 is 22.3. The Bertz CT molecular complexity index is 1480. The number of methoxy groups -OCH3 is 1. The maximum Gasteiger partial charge on any atom is 0.343 e. The van der Waals surface area contributed by atoms with Gasteiger partial charge in [-0.15, -0.1) is 0 Å². The zero-order valence-electron chi connectivity index (χ0n) is 22.8. The molecule has 0 fully saturated rings. The molecule has 0 aliphatic heterocycles. The van der Waals surface area contributed by atoms with Gasteiger partial charge in [0.2, 0.25) is 0 Å². The van der Waals surface area contributed by atoms with Gasteiger partial charge in [-0.25, -0.2) is 10.2 Å². The lowest BCUT2D eigenvalue weighted by atomic mass is 10.1. The lowest BCUT2D eigenvalue weighted by Gasteiger charge is -2.13. The normalized spacial score (nSPS) is 11.7. The summed E-state index contributed by atoms with van der Waals surface area (Å²) >= 11 is 0. The van der Waals surface area contributed by atoms with Gasteiger partial charge in [0.05, 0.1) is 25.5 Å². The SMILES string of the molecule is CCCCOc1ccc(C(=O)Oc2ccc(/C=N/NC(=O)C(C)Oc3ccc4ccccc4c3)cc2OC)cc1. The molecule has 0 radical (unpaired) electrons. The predicted octanol–water partition coefficient (Wildman–Crippen LogP) is 6.16. The molecule has 1 atom stereocenters. The monoisotopic (exact) mass is 540 g/mol. The van der Waals surface area contributed by atoms with Crippen LogP contribution in [0.1, 0.15) is 42.6 Å². The molecule has 1 N–H and O–H groups in total. The van der Waals surface area contributed by atoms with E-state index < -0.39 is 18.0 Å². The van der Waals surface area contributed by atoms with Gasteiger partial charge in [0.1, 0.15) is 11.5 Å². The summed E-state index contributed by atoms with van der Waals surface area (Å²) in [5.41, 5.74) is 3.50. The molecule has 8 heteroatoms. The summed E-state index contributed by atoms with van der Waals surface area (Å²) in [7, 11) is 1.48. The largest absolute Gasteiger partial charge is 0.494 e. The van der Waals surface area contributed by atoms with E-state index in [-0.39, 0.29) is 5.75 Å². The van der Waals surface area contributed by atoms with E-state index in [1.165, 1.54) is 13.3 Å². The molecule has 0 bridgehead atoms. The second-order valence-corrected chi connectivity index (χ2v) is 9.03. The van der Waals surface area contributed by atoms with Gasteiger partial charge >= 0.3 is 5.97 Å². The minimum absolute atomic E-state index is 0.259. The smallest absolute Gasteiger partial charge is 0.343 e. The number of ether oxygens (including phenoxy) is 4. The van der Waals surface area contributed by atoms with Gasteiger partial charge in [0, 0.05) is 0 Å². The van der Waals surface area contributed by atoms with Gasteiger partial charge in [-0.3, -0.25) is 4.79 Å². The van der Waals surface area contributed by atoms with E-state index in [2.05, 4.69) is 17.5 Å². The highest BCUT2D eigenvalue weighted by Gasteiger charge is 2.15. The number of rotatable bonds is 12. The van der Waals surface area contributed by atoms with E-state index in [0.29, 0.717) is 35.0 Å². The van der Waals surface area contributed by atoms with Crippen molar-refractivity contribution >= 4 is 28.9 Å². The molecule has 1 unspecified atom stereocenters. The van der Waals surface area contributed by atoms with E-state index >= 15 is 0 Å². The molecule has 0 saturated carbocycles. The Balaban J connectivity index is 1.31. The van der Waals surface area contributed by atoms with Crippen LogP contribution in [-0.2, 0) is 4.79 Å². The molecular weight excluding hydrogens is 508 g/mol. The fourth-order valence-corrected chi connectivity index (χ4v) is 3.79. The van der Waals surface area contributed by atoms with Crippen molar-refractivity contribution in [2.45, 2.75) is 32.8 Å². The van der Waals surface area contributed by atoms with Gasteiger partial charge in [0.15, 0.2) is 17.6 Å².